The Kier molecular flexibility index (Phi) is 5.09. The second kappa shape index (κ2) is 6.81. The average molecular weight is 279 g/mol. The minimum atomic E-state index is -0.361. The first-order valence-electron chi connectivity index (χ1n) is 6.98. The number of rotatable bonds is 4. The third kappa shape index (κ3) is 4.02. The number of carbonyl (C=O) groups excluding carboxylic acids is 1. The molecule has 1 aliphatic rings. The Morgan fingerprint density at radius 2 is 1.95 bits per heavy atom. The van der Waals surface area contributed by atoms with Crippen molar-refractivity contribution in [2.75, 3.05) is 53.4 Å². The third-order valence-electron chi connectivity index (χ3n) is 3.59. The van der Waals surface area contributed by atoms with Crippen molar-refractivity contribution < 1.29 is 9.18 Å². The monoisotopic (exact) mass is 279 g/mol. The van der Waals surface area contributed by atoms with Crippen LogP contribution in [0.2, 0.25) is 0 Å². The van der Waals surface area contributed by atoms with Crippen LogP contribution in [0.5, 0.6) is 0 Å². The van der Waals surface area contributed by atoms with Crippen LogP contribution in [0.25, 0.3) is 0 Å². The van der Waals surface area contributed by atoms with Crippen LogP contribution in [-0.2, 0) is 0 Å². The molecule has 4 nitrogen and oxygen atoms in total. The minimum Gasteiger partial charge on any atom is -0.336 e. The molecule has 1 amide bonds. The van der Waals surface area contributed by atoms with Crippen molar-refractivity contribution in [2.24, 2.45) is 0 Å². The highest BCUT2D eigenvalue weighted by molar-refractivity contribution is 5.94. The summed E-state index contributed by atoms with van der Waals surface area (Å²) >= 11 is 0. The van der Waals surface area contributed by atoms with Crippen LogP contribution >= 0.6 is 0 Å². The molecule has 0 spiro atoms. The molecule has 0 unspecified atom stereocenters. The lowest BCUT2D eigenvalue weighted by atomic mass is 10.1. The van der Waals surface area contributed by atoms with Gasteiger partial charge in [0.15, 0.2) is 0 Å². The van der Waals surface area contributed by atoms with Crippen molar-refractivity contribution in [3.8, 4) is 0 Å². The van der Waals surface area contributed by atoms with Gasteiger partial charge in [-0.1, -0.05) is 6.07 Å². The molecular weight excluding hydrogens is 257 g/mol. The molecule has 5 heteroatoms. The zero-order chi connectivity index (χ0) is 14.5. The van der Waals surface area contributed by atoms with Crippen LogP contribution in [0, 0.1) is 5.82 Å². The summed E-state index contributed by atoms with van der Waals surface area (Å²) in [6.07, 6.45) is 0. The molecule has 0 saturated carbocycles. The Hall–Kier alpha value is -1.46. The molecule has 1 aromatic rings. The van der Waals surface area contributed by atoms with Gasteiger partial charge in [0.05, 0.1) is 0 Å². The molecule has 0 radical (unpaired) electrons. The summed E-state index contributed by atoms with van der Waals surface area (Å²) in [5.74, 6) is -0.433. The van der Waals surface area contributed by atoms with Gasteiger partial charge in [0, 0.05) is 44.8 Å². The van der Waals surface area contributed by atoms with Gasteiger partial charge in [-0.3, -0.25) is 9.69 Å². The van der Waals surface area contributed by atoms with E-state index in [-0.39, 0.29) is 11.7 Å². The van der Waals surface area contributed by atoms with Gasteiger partial charge in [0.1, 0.15) is 5.82 Å². The average Bonchev–Trinajstić information content (AvgIpc) is 2.45. The first kappa shape index (κ1) is 14.9. The fourth-order valence-electron chi connectivity index (χ4n) is 2.32. The van der Waals surface area contributed by atoms with Crippen molar-refractivity contribution in [1.82, 2.24) is 14.7 Å². The second-order valence-corrected chi connectivity index (χ2v) is 5.45. The maximum absolute atomic E-state index is 13.1. The molecule has 1 aliphatic heterocycles. The lowest BCUT2D eigenvalue weighted by Crippen LogP contribution is -2.50. The number of carbonyl (C=O) groups is 1. The summed E-state index contributed by atoms with van der Waals surface area (Å²) in [5, 5.41) is 0. The van der Waals surface area contributed by atoms with Crippen molar-refractivity contribution >= 4 is 5.91 Å². The standard InChI is InChI=1S/C15H22FN3O/c1-17(2)6-7-18-8-10-19(11-9-18)15(20)13-4-3-5-14(16)12-13/h3-5,12H,6-11H2,1-2H3. The molecule has 1 fully saturated rings. The van der Waals surface area contributed by atoms with E-state index < -0.39 is 0 Å². The van der Waals surface area contributed by atoms with Gasteiger partial charge < -0.3 is 9.80 Å². The molecule has 1 saturated heterocycles. The summed E-state index contributed by atoms with van der Waals surface area (Å²) in [7, 11) is 4.12. The molecule has 0 atom stereocenters. The molecule has 2 rings (SSSR count). The zero-order valence-corrected chi connectivity index (χ0v) is 12.2. The number of benzene rings is 1. The predicted molar refractivity (Wildman–Crippen MR) is 77.3 cm³/mol. The van der Waals surface area contributed by atoms with Crippen LogP contribution < -0.4 is 0 Å². The number of piperazine rings is 1. The fourth-order valence-corrected chi connectivity index (χ4v) is 2.32. The van der Waals surface area contributed by atoms with Crippen molar-refractivity contribution in [3.05, 3.63) is 35.6 Å². The van der Waals surface area contributed by atoms with Crippen LogP contribution in [-0.4, -0.2) is 74.0 Å². The highest BCUT2D eigenvalue weighted by atomic mass is 19.1. The van der Waals surface area contributed by atoms with Crippen molar-refractivity contribution in [1.29, 1.82) is 0 Å². The number of hydrogen-bond donors (Lipinski definition) is 0. The number of nitrogens with zero attached hydrogens (tertiary/aromatic N) is 3. The summed E-state index contributed by atoms with van der Waals surface area (Å²) in [6, 6.07) is 5.91. The summed E-state index contributed by atoms with van der Waals surface area (Å²) in [4.78, 5) is 18.6. The Morgan fingerprint density at radius 3 is 2.55 bits per heavy atom. The molecule has 0 aromatic heterocycles. The molecular formula is C15H22FN3O. The van der Waals surface area contributed by atoms with Gasteiger partial charge >= 0.3 is 0 Å². The second-order valence-electron chi connectivity index (χ2n) is 5.45. The first-order chi connectivity index (χ1) is 9.56. The van der Waals surface area contributed by atoms with E-state index in [1.807, 2.05) is 0 Å². The molecule has 1 heterocycles. The minimum absolute atomic E-state index is 0.0724. The van der Waals surface area contributed by atoms with E-state index in [1.54, 1.807) is 17.0 Å². The normalized spacial score (nSPS) is 16.7. The molecule has 0 N–H and O–H groups in total. The van der Waals surface area contributed by atoms with Crippen molar-refractivity contribution in [3.63, 3.8) is 0 Å². The van der Waals surface area contributed by atoms with E-state index in [1.165, 1.54) is 12.1 Å². The highest BCUT2D eigenvalue weighted by Gasteiger charge is 2.22. The van der Waals surface area contributed by atoms with Crippen LogP contribution in [0.3, 0.4) is 0 Å². The Morgan fingerprint density at radius 1 is 1.25 bits per heavy atom. The van der Waals surface area contributed by atoms with Crippen LogP contribution in [0.1, 0.15) is 10.4 Å². The molecule has 0 aliphatic carbocycles. The first-order valence-corrected chi connectivity index (χ1v) is 6.98. The van der Waals surface area contributed by atoms with E-state index in [9.17, 15) is 9.18 Å². The molecule has 1 aromatic carbocycles. The summed E-state index contributed by atoms with van der Waals surface area (Å²) in [5.41, 5.74) is 0.437. The zero-order valence-electron chi connectivity index (χ0n) is 12.2. The maximum atomic E-state index is 13.1. The van der Waals surface area contributed by atoms with E-state index >= 15 is 0 Å². The smallest absolute Gasteiger partial charge is 0.254 e. The fraction of sp³-hybridized carbons (Fsp3) is 0.533. The van der Waals surface area contributed by atoms with E-state index in [0.717, 1.165) is 26.2 Å². The lowest BCUT2D eigenvalue weighted by Gasteiger charge is -2.35. The third-order valence-corrected chi connectivity index (χ3v) is 3.59. The van der Waals surface area contributed by atoms with Gasteiger partial charge in [-0.05, 0) is 32.3 Å². The Labute approximate surface area is 119 Å². The Balaban J connectivity index is 1.86. The SMILES string of the molecule is CN(C)CCN1CCN(C(=O)c2cccc(F)c2)CC1. The van der Waals surface area contributed by atoms with Gasteiger partial charge in [-0.25, -0.2) is 4.39 Å². The predicted octanol–water partition coefficient (Wildman–Crippen LogP) is 1.15. The summed E-state index contributed by atoms with van der Waals surface area (Å²) < 4.78 is 13.1. The quantitative estimate of drug-likeness (QED) is 0.827. The molecule has 110 valence electrons. The van der Waals surface area contributed by atoms with Gasteiger partial charge in [0.2, 0.25) is 0 Å². The number of amides is 1. The van der Waals surface area contributed by atoms with Gasteiger partial charge in [-0.2, -0.15) is 0 Å². The van der Waals surface area contributed by atoms with E-state index in [2.05, 4.69) is 23.9 Å². The molecule has 20 heavy (non-hydrogen) atoms. The van der Waals surface area contributed by atoms with Gasteiger partial charge in [0.25, 0.3) is 5.91 Å². The molecule has 0 bridgehead atoms. The van der Waals surface area contributed by atoms with Crippen LogP contribution in [0.4, 0.5) is 4.39 Å². The van der Waals surface area contributed by atoms with E-state index in [0.29, 0.717) is 18.7 Å². The number of hydrogen-bond acceptors (Lipinski definition) is 3. The maximum Gasteiger partial charge on any atom is 0.254 e. The van der Waals surface area contributed by atoms with Crippen molar-refractivity contribution in [2.45, 2.75) is 0 Å². The van der Waals surface area contributed by atoms with Crippen LogP contribution in [0.15, 0.2) is 24.3 Å². The van der Waals surface area contributed by atoms with Gasteiger partial charge in [-0.15, -0.1) is 0 Å². The number of halogens is 1. The highest BCUT2D eigenvalue weighted by Crippen LogP contribution is 2.10. The lowest BCUT2D eigenvalue weighted by molar-refractivity contribution is 0.0629. The summed E-state index contributed by atoms with van der Waals surface area (Å²) in [6.45, 7) is 5.24. The van der Waals surface area contributed by atoms with E-state index in [4.69, 9.17) is 0 Å². The number of likely N-dealkylation sites (N-methyl/N-ethyl adjacent to an activating group) is 1. The largest absolute Gasteiger partial charge is 0.336 e. The Bertz CT molecular complexity index is 456. The topological polar surface area (TPSA) is 26.8 Å².